The monoisotopic (exact) mass is 266 g/mol. The standard InChI is InChI=1S/C15H26N2S/c1-3-14-4-5-15(18-14)12-16-8-11-17-9-6-13(2)7-10-17/h4-5,13,16H,3,6-12H2,1-2H3. The Balaban J connectivity index is 1.58. The minimum absolute atomic E-state index is 0.938. The van der Waals surface area contributed by atoms with Crippen molar-refractivity contribution in [2.75, 3.05) is 26.2 Å². The molecule has 1 aromatic heterocycles. The van der Waals surface area contributed by atoms with Crippen LogP contribution in [0.15, 0.2) is 12.1 Å². The van der Waals surface area contributed by atoms with E-state index in [4.69, 9.17) is 0 Å². The molecule has 1 fully saturated rings. The van der Waals surface area contributed by atoms with E-state index in [1.807, 2.05) is 11.3 Å². The van der Waals surface area contributed by atoms with E-state index in [1.165, 1.54) is 42.2 Å². The van der Waals surface area contributed by atoms with Crippen LogP contribution < -0.4 is 5.32 Å². The van der Waals surface area contributed by atoms with E-state index < -0.39 is 0 Å². The van der Waals surface area contributed by atoms with Crippen molar-refractivity contribution in [3.8, 4) is 0 Å². The fraction of sp³-hybridized carbons (Fsp3) is 0.733. The summed E-state index contributed by atoms with van der Waals surface area (Å²) in [6.45, 7) is 10.5. The van der Waals surface area contributed by atoms with Gasteiger partial charge in [0, 0.05) is 29.4 Å². The molecule has 1 aliphatic heterocycles. The average molecular weight is 266 g/mol. The molecule has 2 nitrogen and oxygen atoms in total. The van der Waals surface area contributed by atoms with Crippen LogP contribution in [0.2, 0.25) is 0 Å². The minimum Gasteiger partial charge on any atom is -0.311 e. The van der Waals surface area contributed by atoms with Crippen LogP contribution in [0.5, 0.6) is 0 Å². The van der Waals surface area contributed by atoms with Gasteiger partial charge in [0.05, 0.1) is 0 Å². The van der Waals surface area contributed by atoms with Crippen molar-refractivity contribution in [3.63, 3.8) is 0 Å². The molecule has 0 saturated carbocycles. The number of aryl methyl sites for hydroxylation is 1. The second kappa shape index (κ2) is 7.27. The number of rotatable bonds is 6. The third kappa shape index (κ3) is 4.38. The lowest BCUT2D eigenvalue weighted by Gasteiger charge is -2.30. The van der Waals surface area contributed by atoms with Gasteiger partial charge >= 0.3 is 0 Å². The number of nitrogens with zero attached hydrogens (tertiary/aromatic N) is 1. The first-order valence-corrected chi connectivity index (χ1v) is 8.10. The zero-order chi connectivity index (χ0) is 12.8. The van der Waals surface area contributed by atoms with Crippen LogP contribution in [0.3, 0.4) is 0 Å². The van der Waals surface area contributed by atoms with Crippen molar-refractivity contribution in [2.45, 2.75) is 39.7 Å². The second-order valence-corrected chi connectivity index (χ2v) is 6.68. The number of hydrogen-bond donors (Lipinski definition) is 1. The fourth-order valence-electron chi connectivity index (χ4n) is 2.44. The van der Waals surface area contributed by atoms with Gasteiger partial charge in [0.15, 0.2) is 0 Å². The molecule has 1 N–H and O–H groups in total. The summed E-state index contributed by atoms with van der Waals surface area (Å²) in [6, 6.07) is 4.52. The number of likely N-dealkylation sites (tertiary alicyclic amines) is 1. The van der Waals surface area contributed by atoms with Crippen molar-refractivity contribution in [2.24, 2.45) is 5.92 Å². The number of nitrogens with one attached hydrogen (secondary N) is 1. The topological polar surface area (TPSA) is 15.3 Å². The molecule has 1 aromatic rings. The van der Waals surface area contributed by atoms with Crippen molar-refractivity contribution in [1.29, 1.82) is 0 Å². The quantitative estimate of drug-likeness (QED) is 0.796. The average Bonchev–Trinajstić information content (AvgIpc) is 2.85. The first kappa shape index (κ1) is 14.0. The maximum Gasteiger partial charge on any atom is 0.0300 e. The van der Waals surface area contributed by atoms with E-state index >= 15 is 0 Å². The van der Waals surface area contributed by atoms with Crippen molar-refractivity contribution in [3.05, 3.63) is 21.9 Å². The predicted molar refractivity (Wildman–Crippen MR) is 80.2 cm³/mol. The summed E-state index contributed by atoms with van der Waals surface area (Å²) in [6.07, 6.45) is 3.92. The zero-order valence-electron chi connectivity index (χ0n) is 11.7. The number of hydrogen-bond acceptors (Lipinski definition) is 3. The summed E-state index contributed by atoms with van der Waals surface area (Å²) in [5.74, 6) is 0.938. The molecule has 0 aliphatic carbocycles. The highest BCUT2D eigenvalue weighted by atomic mass is 32.1. The molecule has 0 atom stereocenters. The van der Waals surface area contributed by atoms with Crippen LogP contribution in [0, 0.1) is 5.92 Å². The lowest BCUT2D eigenvalue weighted by molar-refractivity contribution is 0.193. The SMILES string of the molecule is CCc1ccc(CNCCN2CCC(C)CC2)s1. The van der Waals surface area contributed by atoms with Gasteiger partial charge in [-0.3, -0.25) is 0 Å². The van der Waals surface area contributed by atoms with Crippen LogP contribution in [-0.4, -0.2) is 31.1 Å². The second-order valence-electron chi connectivity index (χ2n) is 5.42. The number of thiophene rings is 1. The summed E-state index contributed by atoms with van der Waals surface area (Å²) >= 11 is 1.94. The minimum atomic E-state index is 0.938. The molecule has 0 unspecified atom stereocenters. The van der Waals surface area contributed by atoms with Gasteiger partial charge in [-0.1, -0.05) is 13.8 Å². The Morgan fingerprint density at radius 1 is 1.28 bits per heavy atom. The normalized spacial score (nSPS) is 18.3. The summed E-state index contributed by atoms with van der Waals surface area (Å²) in [5.41, 5.74) is 0. The third-order valence-corrected chi connectivity index (χ3v) is 5.08. The predicted octanol–water partition coefficient (Wildman–Crippen LogP) is 3.13. The molecule has 0 radical (unpaired) electrons. The maximum atomic E-state index is 3.57. The number of piperidine rings is 1. The Morgan fingerprint density at radius 3 is 2.67 bits per heavy atom. The lowest BCUT2D eigenvalue weighted by Crippen LogP contribution is -2.37. The van der Waals surface area contributed by atoms with E-state index in [9.17, 15) is 0 Å². The highest BCUT2D eigenvalue weighted by Crippen LogP contribution is 2.17. The van der Waals surface area contributed by atoms with E-state index in [-0.39, 0.29) is 0 Å². The largest absolute Gasteiger partial charge is 0.311 e. The van der Waals surface area contributed by atoms with Gasteiger partial charge in [-0.25, -0.2) is 0 Å². The Hall–Kier alpha value is -0.380. The third-order valence-electron chi connectivity index (χ3n) is 3.85. The Bertz CT molecular complexity index is 340. The van der Waals surface area contributed by atoms with Gasteiger partial charge in [0.1, 0.15) is 0 Å². The first-order valence-electron chi connectivity index (χ1n) is 7.28. The van der Waals surface area contributed by atoms with Crippen LogP contribution in [0.4, 0.5) is 0 Å². The molecule has 3 heteroatoms. The van der Waals surface area contributed by atoms with Crippen molar-refractivity contribution < 1.29 is 0 Å². The van der Waals surface area contributed by atoms with Crippen LogP contribution in [0.25, 0.3) is 0 Å². The Kier molecular flexibility index (Phi) is 5.67. The van der Waals surface area contributed by atoms with E-state index in [1.54, 1.807) is 0 Å². The molecule has 2 rings (SSSR count). The van der Waals surface area contributed by atoms with Crippen LogP contribution >= 0.6 is 11.3 Å². The van der Waals surface area contributed by atoms with Gasteiger partial charge in [-0.2, -0.15) is 0 Å². The van der Waals surface area contributed by atoms with Gasteiger partial charge in [-0.15, -0.1) is 11.3 Å². The highest BCUT2D eigenvalue weighted by molar-refractivity contribution is 7.11. The van der Waals surface area contributed by atoms with Crippen molar-refractivity contribution in [1.82, 2.24) is 10.2 Å². The molecule has 0 spiro atoms. The molecule has 0 aromatic carbocycles. The Labute approximate surface area is 115 Å². The highest BCUT2D eigenvalue weighted by Gasteiger charge is 2.14. The molecule has 0 bridgehead atoms. The van der Waals surface area contributed by atoms with E-state index in [0.29, 0.717) is 0 Å². The van der Waals surface area contributed by atoms with E-state index in [2.05, 4.69) is 36.2 Å². The van der Waals surface area contributed by atoms with Crippen LogP contribution in [0.1, 0.15) is 36.4 Å². The van der Waals surface area contributed by atoms with Gasteiger partial charge in [-0.05, 0) is 50.4 Å². The first-order chi connectivity index (χ1) is 8.78. The van der Waals surface area contributed by atoms with Gasteiger partial charge < -0.3 is 10.2 Å². The summed E-state index contributed by atoms with van der Waals surface area (Å²) in [5, 5.41) is 3.57. The summed E-state index contributed by atoms with van der Waals surface area (Å²) < 4.78 is 0. The zero-order valence-corrected chi connectivity index (χ0v) is 12.6. The lowest BCUT2D eigenvalue weighted by atomic mass is 9.99. The molecule has 102 valence electrons. The maximum absolute atomic E-state index is 3.57. The molecule has 1 saturated heterocycles. The summed E-state index contributed by atoms with van der Waals surface area (Å²) in [7, 11) is 0. The molecule has 0 amide bonds. The molecule has 18 heavy (non-hydrogen) atoms. The molecule has 1 aliphatic rings. The Morgan fingerprint density at radius 2 is 2.00 bits per heavy atom. The fourth-order valence-corrected chi connectivity index (χ4v) is 3.37. The molecular weight excluding hydrogens is 240 g/mol. The van der Waals surface area contributed by atoms with Crippen LogP contribution in [-0.2, 0) is 13.0 Å². The van der Waals surface area contributed by atoms with Crippen molar-refractivity contribution >= 4 is 11.3 Å². The molecule has 2 heterocycles. The molecular formula is C15H26N2S. The van der Waals surface area contributed by atoms with E-state index in [0.717, 1.165) is 25.4 Å². The van der Waals surface area contributed by atoms with Gasteiger partial charge in [0.2, 0.25) is 0 Å². The smallest absolute Gasteiger partial charge is 0.0300 e. The summed E-state index contributed by atoms with van der Waals surface area (Å²) in [4.78, 5) is 5.56. The van der Waals surface area contributed by atoms with Gasteiger partial charge in [0.25, 0.3) is 0 Å².